The van der Waals surface area contributed by atoms with E-state index in [1.54, 1.807) is 40.0 Å². The van der Waals surface area contributed by atoms with Crippen LogP contribution in [0.5, 0.6) is 5.75 Å². The first-order valence-corrected chi connectivity index (χ1v) is 16.6. The van der Waals surface area contributed by atoms with Gasteiger partial charge in [-0.15, -0.1) is 0 Å². The number of methoxy groups -OCH3 is 1. The van der Waals surface area contributed by atoms with E-state index in [1.807, 2.05) is 37.4 Å². The molecule has 0 saturated heterocycles. The number of hydrogen-bond donors (Lipinski definition) is 1. The van der Waals surface area contributed by atoms with Crippen molar-refractivity contribution >= 4 is 52.8 Å². The molecule has 260 valence electrons. The molecule has 2 atom stereocenters. The van der Waals surface area contributed by atoms with E-state index in [0.29, 0.717) is 39.7 Å². The fraction of sp³-hybridized carbons (Fsp3) is 0.306. The lowest BCUT2D eigenvalue weighted by atomic mass is 9.93. The van der Waals surface area contributed by atoms with Crippen LogP contribution in [0.1, 0.15) is 39.4 Å². The quantitative estimate of drug-likeness (QED) is 0.137. The number of rotatable bonds is 12. The number of aliphatic carboxylic acids is 1. The first kappa shape index (κ1) is 34.8. The number of carbonyl (C=O) groups is 4. The van der Waals surface area contributed by atoms with Crippen LogP contribution in [-0.2, 0) is 25.6 Å². The van der Waals surface area contributed by atoms with E-state index in [4.69, 9.17) is 32.7 Å². The SMILES string of the molecule is COC(=O)CN(CC(=O)O)C(=O)c1ccc(Cl)c(Cn2cc(-c3cccc4c3[C@H]3C[C@H]3CN4C(=O)OCCOc3cccc(Cl)c3C)cn2)c1. The van der Waals surface area contributed by atoms with Crippen LogP contribution >= 0.6 is 23.2 Å². The lowest BCUT2D eigenvalue weighted by Crippen LogP contribution is -2.39. The van der Waals surface area contributed by atoms with Gasteiger partial charge < -0.3 is 24.2 Å². The van der Waals surface area contributed by atoms with Gasteiger partial charge in [-0.2, -0.15) is 5.10 Å². The van der Waals surface area contributed by atoms with E-state index in [0.717, 1.165) is 46.4 Å². The van der Waals surface area contributed by atoms with Crippen molar-refractivity contribution in [3.8, 4) is 16.9 Å². The van der Waals surface area contributed by atoms with Crippen molar-refractivity contribution in [3.63, 3.8) is 0 Å². The lowest BCUT2D eigenvalue weighted by Gasteiger charge is -2.29. The molecule has 50 heavy (non-hydrogen) atoms. The number of halogens is 2. The van der Waals surface area contributed by atoms with Crippen molar-refractivity contribution < 1.29 is 38.5 Å². The van der Waals surface area contributed by atoms with E-state index < -0.39 is 37.0 Å². The molecule has 1 N–H and O–H groups in total. The molecule has 1 aliphatic heterocycles. The Bertz CT molecular complexity index is 1960. The summed E-state index contributed by atoms with van der Waals surface area (Å²) >= 11 is 12.7. The number of ether oxygens (including phenoxy) is 3. The zero-order valence-corrected chi connectivity index (χ0v) is 28.8. The van der Waals surface area contributed by atoms with Gasteiger partial charge in [0.25, 0.3) is 5.91 Å². The molecule has 1 saturated carbocycles. The van der Waals surface area contributed by atoms with Crippen LogP contribution in [-0.4, -0.2) is 83.7 Å². The number of hydrogen-bond acceptors (Lipinski definition) is 8. The average Bonchev–Trinajstić information content (AvgIpc) is 3.75. The number of amides is 2. The summed E-state index contributed by atoms with van der Waals surface area (Å²) in [5, 5.41) is 14.8. The molecule has 6 rings (SSSR count). The Kier molecular flexibility index (Phi) is 10.3. The number of fused-ring (bicyclic) bond motifs is 3. The summed E-state index contributed by atoms with van der Waals surface area (Å²) in [6.07, 6.45) is 4.14. The highest BCUT2D eigenvalue weighted by atomic mass is 35.5. The average molecular weight is 722 g/mol. The van der Waals surface area contributed by atoms with Crippen molar-refractivity contribution in [1.29, 1.82) is 0 Å². The van der Waals surface area contributed by atoms with Gasteiger partial charge in [0.05, 0.1) is 25.5 Å². The summed E-state index contributed by atoms with van der Waals surface area (Å²) in [4.78, 5) is 52.3. The third kappa shape index (κ3) is 7.56. The van der Waals surface area contributed by atoms with Gasteiger partial charge >= 0.3 is 18.0 Å². The maximum absolute atomic E-state index is 13.3. The van der Waals surface area contributed by atoms with Gasteiger partial charge in [-0.1, -0.05) is 41.4 Å². The summed E-state index contributed by atoms with van der Waals surface area (Å²) in [6.45, 7) is 1.73. The highest BCUT2D eigenvalue weighted by molar-refractivity contribution is 6.31. The molecule has 0 bridgehead atoms. The van der Waals surface area contributed by atoms with Crippen molar-refractivity contribution in [2.75, 3.05) is 44.9 Å². The minimum absolute atomic E-state index is 0.0788. The van der Waals surface area contributed by atoms with Crippen molar-refractivity contribution in [2.24, 2.45) is 5.92 Å². The Morgan fingerprint density at radius 1 is 1.02 bits per heavy atom. The predicted molar refractivity (Wildman–Crippen MR) is 185 cm³/mol. The van der Waals surface area contributed by atoms with Gasteiger partial charge in [0.15, 0.2) is 0 Å². The third-order valence-corrected chi connectivity index (χ3v) is 9.60. The van der Waals surface area contributed by atoms with Crippen LogP contribution < -0.4 is 9.64 Å². The monoisotopic (exact) mass is 720 g/mol. The molecule has 12 nitrogen and oxygen atoms in total. The molecule has 0 unspecified atom stereocenters. The minimum atomic E-state index is -1.27. The van der Waals surface area contributed by atoms with Gasteiger partial charge in [-0.3, -0.25) is 24.0 Å². The Morgan fingerprint density at radius 3 is 2.60 bits per heavy atom. The summed E-state index contributed by atoms with van der Waals surface area (Å²) in [5.74, 6) is -1.37. The Labute approximate surface area is 298 Å². The zero-order valence-electron chi connectivity index (χ0n) is 27.3. The first-order valence-electron chi connectivity index (χ1n) is 15.9. The number of anilines is 1. The van der Waals surface area contributed by atoms with Gasteiger partial charge in [0, 0.05) is 39.5 Å². The maximum atomic E-state index is 13.3. The summed E-state index contributed by atoms with van der Waals surface area (Å²) in [7, 11) is 1.16. The van der Waals surface area contributed by atoms with Gasteiger partial charge in [-0.05, 0) is 78.3 Å². The first-order chi connectivity index (χ1) is 24.0. The van der Waals surface area contributed by atoms with Gasteiger partial charge in [0.2, 0.25) is 0 Å². The van der Waals surface area contributed by atoms with E-state index in [-0.39, 0.29) is 25.3 Å². The molecule has 2 aliphatic rings. The smallest absolute Gasteiger partial charge is 0.414 e. The van der Waals surface area contributed by atoms with Gasteiger partial charge in [-0.25, -0.2) is 4.79 Å². The second-order valence-corrected chi connectivity index (χ2v) is 13.0. The zero-order chi connectivity index (χ0) is 35.5. The van der Waals surface area contributed by atoms with Crippen LogP contribution in [0.4, 0.5) is 10.5 Å². The summed E-state index contributed by atoms with van der Waals surface area (Å²) in [6, 6.07) is 15.8. The van der Waals surface area contributed by atoms with Crippen LogP contribution in [0.2, 0.25) is 10.0 Å². The molecule has 2 heterocycles. The molecule has 4 aromatic rings. The third-order valence-electron chi connectivity index (χ3n) is 8.82. The van der Waals surface area contributed by atoms with Crippen LogP contribution in [0.3, 0.4) is 0 Å². The minimum Gasteiger partial charge on any atom is -0.490 e. The number of nitrogens with zero attached hydrogens (tertiary/aromatic N) is 4. The fourth-order valence-corrected chi connectivity index (χ4v) is 6.54. The molecule has 1 fully saturated rings. The Morgan fingerprint density at radius 2 is 1.82 bits per heavy atom. The number of carboxylic acids is 1. The van der Waals surface area contributed by atoms with Crippen molar-refractivity contribution in [1.82, 2.24) is 14.7 Å². The number of aromatic nitrogens is 2. The number of carbonyl (C=O) groups excluding carboxylic acids is 3. The Balaban J connectivity index is 1.16. The standard InChI is InChI=1S/C36H34Cl2N4O8/c1-21-28(37)6-4-8-31(21)49-11-12-50-36(47)42-18-23-14-27(23)34-26(5-3-7-30(34)42)25-15-39-41(17-25)16-24-13-22(9-10-29(24)38)35(46)40(19-32(43)44)20-33(45)48-2/h3-10,13,15,17,23,27H,11-12,14,16,18-20H2,1-2H3,(H,43,44)/t23-,27-/m0/s1. The van der Waals surface area contributed by atoms with E-state index >= 15 is 0 Å². The molecule has 2 amide bonds. The Hall–Kier alpha value is -5.07. The lowest BCUT2D eigenvalue weighted by molar-refractivity contribution is -0.143. The molecule has 1 aliphatic carbocycles. The second kappa shape index (κ2) is 14.8. The molecule has 14 heteroatoms. The molecule has 0 radical (unpaired) electrons. The number of esters is 1. The highest BCUT2D eigenvalue weighted by Crippen LogP contribution is 2.57. The van der Waals surface area contributed by atoms with E-state index in [2.05, 4.69) is 9.84 Å². The van der Waals surface area contributed by atoms with Crippen molar-refractivity contribution in [3.05, 3.63) is 99.3 Å². The fourth-order valence-electron chi connectivity index (χ4n) is 6.20. The highest BCUT2D eigenvalue weighted by Gasteiger charge is 2.48. The largest absolute Gasteiger partial charge is 0.490 e. The second-order valence-electron chi connectivity index (χ2n) is 12.1. The molecule has 0 spiro atoms. The van der Waals surface area contributed by atoms with E-state index in [9.17, 15) is 24.3 Å². The topological polar surface area (TPSA) is 140 Å². The molecule has 1 aromatic heterocycles. The molecular weight excluding hydrogens is 687 g/mol. The molecule has 3 aromatic carbocycles. The van der Waals surface area contributed by atoms with Crippen LogP contribution in [0.25, 0.3) is 11.1 Å². The van der Waals surface area contributed by atoms with E-state index in [1.165, 1.54) is 6.07 Å². The number of benzene rings is 3. The van der Waals surface area contributed by atoms with Crippen LogP contribution in [0.15, 0.2) is 67.0 Å². The normalized spacial score (nSPS) is 15.8. The van der Waals surface area contributed by atoms with Crippen molar-refractivity contribution in [2.45, 2.75) is 25.8 Å². The maximum Gasteiger partial charge on any atom is 0.414 e. The summed E-state index contributed by atoms with van der Waals surface area (Å²) < 4.78 is 17.7. The predicted octanol–water partition coefficient (Wildman–Crippen LogP) is 6.05. The number of carboxylic acid groups (broad SMARTS) is 1. The summed E-state index contributed by atoms with van der Waals surface area (Å²) in [5.41, 5.74) is 5.24. The molecular formula is C36H34Cl2N4O8. The van der Waals surface area contributed by atoms with Gasteiger partial charge in [0.1, 0.15) is 32.1 Å². The van der Waals surface area contributed by atoms with Crippen LogP contribution in [0, 0.1) is 12.8 Å².